The summed E-state index contributed by atoms with van der Waals surface area (Å²) < 4.78 is 5.15. The van der Waals surface area contributed by atoms with E-state index in [-0.39, 0.29) is 12.5 Å². The van der Waals surface area contributed by atoms with Gasteiger partial charge in [-0.1, -0.05) is 12.1 Å². The summed E-state index contributed by atoms with van der Waals surface area (Å²) in [5, 5.41) is 2.71. The van der Waals surface area contributed by atoms with Gasteiger partial charge in [0.2, 0.25) is 5.91 Å². The van der Waals surface area contributed by atoms with Crippen LogP contribution in [-0.2, 0) is 16.1 Å². The van der Waals surface area contributed by atoms with Gasteiger partial charge in [-0.25, -0.2) is 4.79 Å². The second-order valence-corrected chi connectivity index (χ2v) is 6.46. The number of hydrogen-bond donors (Lipinski definition) is 2. The van der Waals surface area contributed by atoms with Crippen molar-refractivity contribution >= 4 is 24.4 Å². The van der Waals surface area contributed by atoms with Crippen molar-refractivity contribution < 1.29 is 14.3 Å². The molecule has 7 nitrogen and oxygen atoms in total. The summed E-state index contributed by atoms with van der Waals surface area (Å²) in [7, 11) is 0. The summed E-state index contributed by atoms with van der Waals surface area (Å²) in [6.07, 6.45) is 3.87. The van der Waals surface area contributed by atoms with Crippen molar-refractivity contribution in [2.24, 2.45) is 10.7 Å². The zero-order chi connectivity index (χ0) is 18.8. The highest BCUT2D eigenvalue weighted by Gasteiger charge is 2.22. The molecule has 0 aliphatic carbocycles. The molecule has 1 aromatic carbocycles. The summed E-state index contributed by atoms with van der Waals surface area (Å²) in [5.41, 5.74) is 7.62. The van der Waals surface area contributed by atoms with Crippen LogP contribution in [0, 0.1) is 0 Å². The van der Waals surface area contributed by atoms with Gasteiger partial charge in [-0.15, -0.1) is 0 Å². The number of amides is 2. The third-order valence-electron chi connectivity index (χ3n) is 4.44. The normalized spacial score (nSPS) is 14.7. The van der Waals surface area contributed by atoms with Crippen LogP contribution in [-0.4, -0.2) is 49.3 Å². The van der Waals surface area contributed by atoms with E-state index in [9.17, 15) is 9.59 Å². The molecular weight excluding hydrogens is 332 g/mol. The Kier molecular flexibility index (Phi) is 8.08. The van der Waals surface area contributed by atoms with Crippen molar-refractivity contribution in [3.05, 3.63) is 29.8 Å². The molecule has 26 heavy (non-hydrogen) atoms. The molecule has 1 aromatic rings. The number of carbonyl (C=O) groups excluding carboxylic acids is 2. The van der Waals surface area contributed by atoms with E-state index in [1.165, 1.54) is 0 Å². The van der Waals surface area contributed by atoms with Crippen molar-refractivity contribution in [3.63, 3.8) is 0 Å². The van der Waals surface area contributed by atoms with Gasteiger partial charge in [-0.05, 0) is 56.5 Å². The van der Waals surface area contributed by atoms with Crippen LogP contribution in [0.3, 0.4) is 0 Å². The van der Waals surface area contributed by atoms with Crippen LogP contribution >= 0.6 is 0 Å². The summed E-state index contributed by atoms with van der Waals surface area (Å²) in [4.78, 5) is 29.4. The van der Waals surface area contributed by atoms with Gasteiger partial charge in [0.15, 0.2) is 0 Å². The second kappa shape index (κ2) is 10.6. The van der Waals surface area contributed by atoms with Crippen LogP contribution in [0.25, 0.3) is 0 Å². The van der Waals surface area contributed by atoms with Crippen LogP contribution in [0.2, 0.25) is 0 Å². The highest BCUT2D eigenvalue weighted by molar-refractivity contribution is 5.81. The van der Waals surface area contributed by atoms with Gasteiger partial charge in [-0.3, -0.25) is 9.79 Å². The highest BCUT2D eigenvalue weighted by Crippen LogP contribution is 2.13. The van der Waals surface area contributed by atoms with Gasteiger partial charge in [-0.2, -0.15) is 0 Å². The maximum absolute atomic E-state index is 12.1. The lowest BCUT2D eigenvalue weighted by Gasteiger charge is -2.20. The number of nitrogens with zero attached hydrogens (tertiary/aromatic N) is 2. The van der Waals surface area contributed by atoms with Crippen molar-refractivity contribution in [1.82, 2.24) is 10.2 Å². The minimum atomic E-state index is -0.451. The first-order valence-corrected chi connectivity index (χ1v) is 9.11. The van der Waals surface area contributed by atoms with Gasteiger partial charge in [0.25, 0.3) is 0 Å². The van der Waals surface area contributed by atoms with E-state index in [2.05, 4.69) is 17.0 Å². The van der Waals surface area contributed by atoms with Crippen LogP contribution in [0.5, 0.6) is 0 Å². The number of unbranched alkanes of at least 4 members (excludes halogenated alkanes) is 1. The predicted molar refractivity (Wildman–Crippen MR) is 101 cm³/mol. The quantitative estimate of drug-likeness (QED) is 0.522. The molecule has 0 aromatic heterocycles. The van der Waals surface area contributed by atoms with E-state index >= 15 is 0 Å². The third kappa shape index (κ3) is 6.48. The monoisotopic (exact) mass is 360 g/mol. The molecule has 1 aliphatic rings. The van der Waals surface area contributed by atoms with Gasteiger partial charge in [0.05, 0.1) is 11.7 Å². The maximum atomic E-state index is 12.1. The molecule has 2 amide bonds. The number of alkyl carbamates (subject to hydrolysis) is 1. The Hall–Kier alpha value is -2.41. The number of ether oxygens (including phenoxy) is 1. The van der Waals surface area contributed by atoms with E-state index in [0.29, 0.717) is 13.0 Å². The predicted octanol–water partition coefficient (Wildman–Crippen LogP) is 2.36. The zero-order valence-corrected chi connectivity index (χ0v) is 15.2. The Morgan fingerprint density at radius 1 is 1.23 bits per heavy atom. The number of hydrogen-bond acceptors (Lipinski definition) is 5. The number of benzene rings is 1. The second-order valence-electron chi connectivity index (χ2n) is 6.46. The summed E-state index contributed by atoms with van der Waals surface area (Å²) in [6.45, 7) is 5.81. The van der Waals surface area contributed by atoms with Crippen molar-refractivity contribution in [1.29, 1.82) is 0 Å². The summed E-state index contributed by atoms with van der Waals surface area (Å²) in [5.74, 6) is 0.0486. The summed E-state index contributed by atoms with van der Waals surface area (Å²) >= 11 is 0. The summed E-state index contributed by atoms with van der Waals surface area (Å²) in [6, 6.07) is 6.88. The average Bonchev–Trinajstić information content (AvgIpc) is 3.20. The molecule has 1 atom stereocenters. The molecule has 0 saturated carbocycles. The number of carbonyl (C=O) groups is 2. The molecule has 0 spiro atoms. The SMILES string of the molecule is C=Nc1ccc(COC(=O)NCCCCC(N)C(=O)N2CCCC2)cc1. The van der Waals surface area contributed by atoms with Crippen molar-refractivity contribution in [3.8, 4) is 0 Å². The van der Waals surface area contributed by atoms with E-state index < -0.39 is 12.1 Å². The minimum Gasteiger partial charge on any atom is -0.445 e. The van der Waals surface area contributed by atoms with Gasteiger partial charge < -0.3 is 20.7 Å². The molecule has 1 aliphatic heterocycles. The standard InChI is InChI=1S/C19H28N4O3/c1-21-16-9-7-15(8-10-16)14-26-19(25)22-11-3-2-6-17(20)18(24)23-12-4-5-13-23/h7-10,17H,1-6,11-14,20H2,(H,22,25). The molecule has 1 fully saturated rings. The van der Waals surface area contributed by atoms with E-state index in [4.69, 9.17) is 10.5 Å². The Labute approximate surface area is 154 Å². The molecule has 2 rings (SSSR count). The van der Waals surface area contributed by atoms with E-state index in [1.807, 2.05) is 29.2 Å². The van der Waals surface area contributed by atoms with Gasteiger partial charge >= 0.3 is 6.09 Å². The van der Waals surface area contributed by atoms with Crippen molar-refractivity contribution in [2.75, 3.05) is 19.6 Å². The first-order chi connectivity index (χ1) is 12.6. The average molecular weight is 360 g/mol. The van der Waals surface area contributed by atoms with E-state index in [0.717, 1.165) is 50.0 Å². The minimum absolute atomic E-state index is 0.0486. The molecule has 0 bridgehead atoms. The first-order valence-electron chi connectivity index (χ1n) is 9.11. The topological polar surface area (TPSA) is 97.0 Å². The number of nitrogens with one attached hydrogen (secondary N) is 1. The largest absolute Gasteiger partial charge is 0.445 e. The molecule has 142 valence electrons. The van der Waals surface area contributed by atoms with E-state index in [1.54, 1.807) is 0 Å². The van der Waals surface area contributed by atoms with Gasteiger partial charge in [0, 0.05) is 19.6 Å². The number of rotatable bonds is 9. The lowest BCUT2D eigenvalue weighted by Crippen LogP contribution is -2.42. The van der Waals surface area contributed by atoms with Crippen LogP contribution in [0.15, 0.2) is 29.3 Å². The Morgan fingerprint density at radius 3 is 2.58 bits per heavy atom. The smallest absolute Gasteiger partial charge is 0.407 e. The fourth-order valence-corrected chi connectivity index (χ4v) is 2.87. The fourth-order valence-electron chi connectivity index (χ4n) is 2.87. The molecule has 7 heteroatoms. The first kappa shape index (κ1) is 19.9. The molecule has 0 radical (unpaired) electrons. The zero-order valence-electron chi connectivity index (χ0n) is 15.2. The molecular formula is C19H28N4O3. The third-order valence-corrected chi connectivity index (χ3v) is 4.44. The van der Waals surface area contributed by atoms with Gasteiger partial charge in [0.1, 0.15) is 6.61 Å². The van der Waals surface area contributed by atoms with Crippen LogP contribution < -0.4 is 11.1 Å². The molecule has 1 unspecified atom stereocenters. The maximum Gasteiger partial charge on any atom is 0.407 e. The Balaban J connectivity index is 1.53. The Bertz CT molecular complexity index is 597. The van der Waals surface area contributed by atoms with Crippen LogP contribution in [0.4, 0.5) is 10.5 Å². The molecule has 1 saturated heterocycles. The Morgan fingerprint density at radius 2 is 1.92 bits per heavy atom. The number of aliphatic imine (C=N–C) groups is 1. The highest BCUT2D eigenvalue weighted by atomic mass is 16.5. The lowest BCUT2D eigenvalue weighted by atomic mass is 10.1. The molecule has 3 N–H and O–H groups in total. The lowest BCUT2D eigenvalue weighted by molar-refractivity contribution is -0.131. The van der Waals surface area contributed by atoms with Crippen LogP contribution in [0.1, 0.15) is 37.7 Å². The number of likely N-dealkylation sites (tertiary alicyclic amines) is 1. The fraction of sp³-hybridized carbons (Fsp3) is 0.526. The molecule has 1 heterocycles. The van der Waals surface area contributed by atoms with Crippen molar-refractivity contribution in [2.45, 2.75) is 44.8 Å². The number of nitrogens with two attached hydrogens (primary N) is 1.